The zero-order chi connectivity index (χ0) is 15.8. The molecule has 4 aliphatic rings. The van der Waals surface area contributed by atoms with Gasteiger partial charge in [-0.15, -0.1) is 0 Å². The van der Waals surface area contributed by atoms with E-state index in [2.05, 4.69) is 6.07 Å². The number of hydrogen-bond acceptors (Lipinski definition) is 3. The summed E-state index contributed by atoms with van der Waals surface area (Å²) < 4.78 is 4.13. The number of aromatic nitrogens is 3. The Morgan fingerprint density at radius 1 is 1.00 bits per heavy atom. The summed E-state index contributed by atoms with van der Waals surface area (Å²) in [5.74, 6) is -0.0498. The first-order valence-electron chi connectivity index (χ1n) is 7.49. The maximum Gasteiger partial charge on any atom is 0.352 e. The molecule has 0 spiro atoms. The van der Waals surface area contributed by atoms with E-state index in [9.17, 15) is 14.9 Å². The zero-order valence-corrected chi connectivity index (χ0v) is 12.0. The van der Waals surface area contributed by atoms with E-state index in [4.69, 9.17) is 0 Å². The molecular formula is C17H12N4O2. The fourth-order valence-corrected chi connectivity index (χ4v) is 4.09. The lowest BCUT2D eigenvalue weighted by molar-refractivity contribution is 0.0852. The van der Waals surface area contributed by atoms with Crippen LogP contribution in [0.5, 0.6) is 0 Å². The van der Waals surface area contributed by atoms with Crippen molar-refractivity contribution in [2.45, 2.75) is 12.1 Å². The Bertz CT molecular complexity index is 1050. The summed E-state index contributed by atoms with van der Waals surface area (Å²) in [5.41, 5.74) is -0.914. The van der Waals surface area contributed by atoms with Crippen molar-refractivity contribution in [1.82, 2.24) is 13.9 Å². The fraction of sp³-hybridized carbons (Fsp3) is 0.235. The third kappa shape index (κ3) is 1.21. The number of allylic oxidation sites excluding steroid dienone is 4. The molecule has 2 aliphatic heterocycles. The minimum atomic E-state index is -0.710. The molecule has 0 saturated heterocycles. The van der Waals surface area contributed by atoms with Crippen molar-refractivity contribution >= 4 is 0 Å². The van der Waals surface area contributed by atoms with Crippen molar-refractivity contribution in [2.24, 2.45) is 11.3 Å². The Morgan fingerprint density at radius 3 is 2.39 bits per heavy atom. The molecule has 6 rings (SSSR count). The van der Waals surface area contributed by atoms with Gasteiger partial charge in [-0.25, -0.2) is 23.5 Å². The molecule has 0 fully saturated rings. The second-order valence-corrected chi connectivity index (χ2v) is 6.18. The van der Waals surface area contributed by atoms with Gasteiger partial charge in [0.2, 0.25) is 0 Å². The van der Waals surface area contributed by atoms with Crippen LogP contribution < -0.4 is 11.4 Å². The minimum absolute atomic E-state index is 0.0498. The van der Waals surface area contributed by atoms with Crippen LogP contribution in [-0.2, 0) is 0 Å². The van der Waals surface area contributed by atoms with Crippen LogP contribution in [0.3, 0.4) is 0 Å². The summed E-state index contributed by atoms with van der Waals surface area (Å²) in [6, 6.07) is 10.5. The molecule has 2 aliphatic carbocycles. The Kier molecular flexibility index (Phi) is 2.07. The third-order valence-electron chi connectivity index (χ3n) is 5.24. The van der Waals surface area contributed by atoms with Crippen molar-refractivity contribution in [1.29, 1.82) is 5.26 Å². The molecule has 4 atom stereocenters. The van der Waals surface area contributed by atoms with Gasteiger partial charge in [0.05, 0.1) is 23.8 Å². The molecular weight excluding hydrogens is 292 g/mol. The van der Waals surface area contributed by atoms with Gasteiger partial charge in [-0.1, -0.05) is 42.5 Å². The monoisotopic (exact) mass is 304 g/mol. The molecule has 6 nitrogen and oxygen atoms in total. The van der Waals surface area contributed by atoms with Gasteiger partial charge >= 0.3 is 11.4 Å². The Balaban J connectivity index is 1.84. The van der Waals surface area contributed by atoms with Crippen molar-refractivity contribution in [3.63, 3.8) is 0 Å². The molecule has 2 aromatic rings. The Hall–Kier alpha value is -3.07. The molecule has 6 heteroatoms. The van der Waals surface area contributed by atoms with E-state index in [-0.39, 0.29) is 17.6 Å². The molecule has 112 valence electrons. The summed E-state index contributed by atoms with van der Waals surface area (Å²) >= 11 is 0. The van der Waals surface area contributed by atoms with E-state index in [0.717, 1.165) is 0 Å². The van der Waals surface area contributed by atoms with Gasteiger partial charge in [-0.3, -0.25) is 0 Å². The highest BCUT2D eigenvalue weighted by atomic mass is 16.2. The van der Waals surface area contributed by atoms with Crippen LogP contribution in [0.15, 0.2) is 64.2 Å². The van der Waals surface area contributed by atoms with Crippen LogP contribution >= 0.6 is 0 Å². The molecule has 0 N–H and O–H groups in total. The first-order chi connectivity index (χ1) is 11.2. The van der Waals surface area contributed by atoms with Crippen LogP contribution in [-0.4, -0.2) is 13.9 Å². The standard InChI is InChI=1S/C17H12N4O2/c18-10-17-9-8-12(17)13-6-7-14(17)21-16(23)19(15(22)20(13)21)11-4-2-1-3-5-11/h1-9,12-14H/t12-,13+,14+,17-/m1/s1. The first-order valence-corrected chi connectivity index (χ1v) is 7.49. The summed E-state index contributed by atoms with van der Waals surface area (Å²) in [6.07, 6.45) is 7.64. The summed E-state index contributed by atoms with van der Waals surface area (Å²) in [6.45, 7) is 0. The number of benzene rings is 1. The van der Waals surface area contributed by atoms with Gasteiger partial charge in [0.15, 0.2) is 0 Å². The van der Waals surface area contributed by atoms with Gasteiger partial charge in [0.1, 0.15) is 5.41 Å². The summed E-state index contributed by atoms with van der Waals surface area (Å²) in [5, 5.41) is 9.66. The van der Waals surface area contributed by atoms with Gasteiger partial charge in [-0.2, -0.15) is 5.26 Å². The van der Waals surface area contributed by atoms with Crippen LogP contribution in [0, 0.1) is 22.7 Å². The maximum atomic E-state index is 12.9. The van der Waals surface area contributed by atoms with E-state index < -0.39 is 17.1 Å². The van der Waals surface area contributed by atoms with E-state index >= 15 is 0 Å². The normalized spacial score (nSPS) is 32.0. The average molecular weight is 304 g/mol. The quantitative estimate of drug-likeness (QED) is 0.742. The molecule has 0 radical (unpaired) electrons. The Morgan fingerprint density at radius 2 is 1.74 bits per heavy atom. The van der Waals surface area contributed by atoms with E-state index in [1.165, 1.54) is 13.9 Å². The number of rotatable bonds is 1. The Labute approximate surface area is 130 Å². The summed E-state index contributed by atoms with van der Waals surface area (Å²) in [7, 11) is 0. The molecule has 0 saturated carbocycles. The van der Waals surface area contributed by atoms with Gasteiger partial charge in [0.25, 0.3) is 0 Å². The number of para-hydroxylation sites is 1. The van der Waals surface area contributed by atoms with Gasteiger partial charge < -0.3 is 0 Å². The largest absolute Gasteiger partial charge is 0.352 e. The van der Waals surface area contributed by atoms with Crippen molar-refractivity contribution < 1.29 is 0 Å². The number of hydrogen-bond donors (Lipinski definition) is 0. The topological polar surface area (TPSA) is 72.7 Å². The second-order valence-electron chi connectivity index (χ2n) is 6.18. The average Bonchev–Trinajstić information content (AvgIpc) is 2.81. The van der Waals surface area contributed by atoms with Crippen LogP contribution in [0.4, 0.5) is 0 Å². The van der Waals surface area contributed by atoms with E-state index in [1.54, 1.807) is 24.3 Å². The highest BCUT2D eigenvalue weighted by Gasteiger charge is 2.59. The van der Waals surface area contributed by atoms with Crippen molar-refractivity contribution in [2.75, 3.05) is 0 Å². The lowest BCUT2D eigenvalue weighted by atomic mass is 9.57. The predicted octanol–water partition coefficient (Wildman–Crippen LogP) is 1.16. The molecule has 0 unspecified atom stereocenters. The zero-order valence-electron chi connectivity index (χ0n) is 12.0. The third-order valence-corrected chi connectivity index (χ3v) is 5.24. The van der Waals surface area contributed by atoms with Crippen LogP contribution in [0.25, 0.3) is 5.69 Å². The number of nitriles is 1. The second kappa shape index (κ2) is 3.82. The maximum absolute atomic E-state index is 12.9. The SMILES string of the molecule is N#C[C@]12C=C[C@@H]1[C@@H]1C=C[C@@H]2n2c(=O)n(-c3ccccc3)c(=O)n21. The molecule has 3 heterocycles. The van der Waals surface area contributed by atoms with E-state index in [0.29, 0.717) is 5.69 Å². The molecule has 2 bridgehead atoms. The molecule has 1 aromatic heterocycles. The van der Waals surface area contributed by atoms with Crippen LogP contribution in [0.1, 0.15) is 12.1 Å². The molecule has 23 heavy (non-hydrogen) atoms. The highest BCUT2D eigenvalue weighted by Crippen LogP contribution is 2.58. The predicted molar refractivity (Wildman–Crippen MR) is 82.2 cm³/mol. The lowest BCUT2D eigenvalue weighted by Crippen LogP contribution is -2.56. The van der Waals surface area contributed by atoms with Gasteiger partial charge in [-0.05, 0) is 12.1 Å². The first kappa shape index (κ1) is 12.5. The lowest BCUT2D eigenvalue weighted by Gasteiger charge is -2.52. The fourth-order valence-electron chi connectivity index (χ4n) is 4.09. The number of nitrogens with zero attached hydrogens (tertiary/aromatic N) is 4. The molecule has 0 amide bonds. The van der Waals surface area contributed by atoms with Crippen LogP contribution in [0.2, 0.25) is 0 Å². The highest BCUT2D eigenvalue weighted by molar-refractivity contribution is 5.41. The minimum Gasteiger partial charge on any atom is -0.245 e. The van der Waals surface area contributed by atoms with E-state index in [1.807, 2.05) is 30.4 Å². The smallest absolute Gasteiger partial charge is 0.245 e. The summed E-state index contributed by atoms with van der Waals surface area (Å²) in [4.78, 5) is 25.8. The molecule has 1 aromatic carbocycles. The van der Waals surface area contributed by atoms with Crippen molar-refractivity contribution in [3.8, 4) is 11.8 Å². The van der Waals surface area contributed by atoms with Crippen molar-refractivity contribution in [3.05, 3.63) is 75.6 Å². The van der Waals surface area contributed by atoms with Gasteiger partial charge in [0, 0.05) is 5.92 Å².